The van der Waals surface area contributed by atoms with Crippen LogP contribution in [0.2, 0.25) is 0 Å². The Morgan fingerprint density at radius 3 is 2.94 bits per heavy atom. The minimum atomic E-state index is 0.642. The number of hydrogen-bond donors (Lipinski definition) is 1. The summed E-state index contributed by atoms with van der Waals surface area (Å²) in [6.45, 7) is 2.19. The van der Waals surface area contributed by atoms with Crippen molar-refractivity contribution < 1.29 is 0 Å². The molecule has 17 heavy (non-hydrogen) atoms. The van der Waals surface area contributed by atoms with Gasteiger partial charge in [-0.2, -0.15) is 0 Å². The van der Waals surface area contributed by atoms with Crippen LogP contribution in [0.3, 0.4) is 0 Å². The van der Waals surface area contributed by atoms with Crippen LogP contribution >= 0.6 is 0 Å². The van der Waals surface area contributed by atoms with Gasteiger partial charge in [-0.05, 0) is 39.1 Å². The van der Waals surface area contributed by atoms with Crippen LogP contribution < -0.4 is 10.2 Å². The fourth-order valence-corrected chi connectivity index (χ4v) is 2.32. The topological polar surface area (TPSA) is 31.4 Å². The number of nitrogens with zero attached hydrogens (tertiary/aromatic N) is 3. The number of nitrogens with one attached hydrogen (secondary N) is 1. The van der Waals surface area contributed by atoms with Gasteiger partial charge in [0.1, 0.15) is 11.6 Å². The van der Waals surface area contributed by atoms with Gasteiger partial charge in [0.15, 0.2) is 0 Å². The Hall–Kier alpha value is -1.29. The molecule has 4 nitrogen and oxygen atoms in total. The number of anilines is 2. The smallest absolute Gasteiger partial charge is 0.131 e. The minimum Gasteiger partial charge on any atom is -0.373 e. The molecule has 4 heteroatoms. The standard InChI is InChI=1S/C13H22N4/c1-14-12-7-4-8-13(15-12)17-9-5-6-11(10-17)16(2)3/h4,7-8,11H,5-6,9-10H2,1-3H3,(H,14,15). The molecular formula is C13H22N4. The lowest BCUT2D eigenvalue weighted by Gasteiger charge is -2.36. The largest absolute Gasteiger partial charge is 0.373 e. The van der Waals surface area contributed by atoms with E-state index in [1.165, 1.54) is 12.8 Å². The number of pyridine rings is 1. The molecule has 1 unspecified atom stereocenters. The predicted molar refractivity (Wildman–Crippen MR) is 72.7 cm³/mol. The SMILES string of the molecule is CNc1cccc(N2CCCC(N(C)C)C2)n1. The van der Waals surface area contributed by atoms with E-state index in [1.54, 1.807) is 0 Å². The molecule has 1 saturated heterocycles. The fraction of sp³-hybridized carbons (Fsp3) is 0.615. The lowest BCUT2D eigenvalue weighted by molar-refractivity contribution is 0.257. The summed E-state index contributed by atoms with van der Waals surface area (Å²) in [6, 6.07) is 6.80. The molecule has 0 bridgehead atoms. The summed E-state index contributed by atoms with van der Waals surface area (Å²) in [5, 5.41) is 3.09. The summed E-state index contributed by atoms with van der Waals surface area (Å²) in [6.07, 6.45) is 2.53. The molecule has 1 aromatic heterocycles. The van der Waals surface area contributed by atoms with Gasteiger partial charge in [-0.1, -0.05) is 6.07 Å². The molecule has 0 amide bonds. The highest BCUT2D eigenvalue weighted by Crippen LogP contribution is 2.20. The third-order valence-electron chi connectivity index (χ3n) is 3.44. The Kier molecular flexibility index (Phi) is 3.84. The number of likely N-dealkylation sites (N-methyl/N-ethyl adjacent to an activating group) is 1. The van der Waals surface area contributed by atoms with Gasteiger partial charge in [-0.25, -0.2) is 4.98 Å². The predicted octanol–water partition coefficient (Wildman–Crippen LogP) is 1.65. The summed E-state index contributed by atoms with van der Waals surface area (Å²) < 4.78 is 0. The molecule has 0 aromatic carbocycles. The molecule has 0 saturated carbocycles. The van der Waals surface area contributed by atoms with Crippen LogP contribution in [0.5, 0.6) is 0 Å². The molecule has 2 heterocycles. The summed E-state index contributed by atoms with van der Waals surface area (Å²) in [5.74, 6) is 2.03. The lowest BCUT2D eigenvalue weighted by atomic mass is 10.1. The second-order valence-corrected chi connectivity index (χ2v) is 4.84. The molecule has 94 valence electrons. The summed E-state index contributed by atoms with van der Waals surface area (Å²) in [5.41, 5.74) is 0. The second-order valence-electron chi connectivity index (χ2n) is 4.84. The Labute approximate surface area is 104 Å². The normalized spacial score (nSPS) is 20.7. The zero-order chi connectivity index (χ0) is 12.3. The van der Waals surface area contributed by atoms with Crippen LogP contribution in [0.4, 0.5) is 11.6 Å². The van der Waals surface area contributed by atoms with Crippen molar-refractivity contribution in [1.29, 1.82) is 0 Å². The van der Waals surface area contributed by atoms with Crippen LogP contribution in [-0.4, -0.2) is 50.2 Å². The third kappa shape index (κ3) is 2.88. The first-order chi connectivity index (χ1) is 8.20. The van der Waals surface area contributed by atoms with Crippen molar-refractivity contribution in [3.8, 4) is 0 Å². The molecular weight excluding hydrogens is 212 g/mol. The van der Waals surface area contributed by atoms with Crippen molar-refractivity contribution in [3.63, 3.8) is 0 Å². The van der Waals surface area contributed by atoms with E-state index in [2.05, 4.69) is 46.3 Å². The third-order valence-corrected chi connectivity index (χ3v) is 3.44. The Balaban J connectivity index is 2.10. The van der Waals surface area contributed by atoms with Gasteiger partial charge in [-0.15, -0.1) is 0 Å². The molecule has 1 N–H and O–H groups in total. The van der Waals surface area contributed by atoms with E-state index in [-0.39, 0.29) is 0 Å². The monoisotopic (exact) mass is 234 g/mol. The number of rotatable bonds is 3. The van der Waals surface area contributed by atoms with Gasteiger partial charge >= 0.3 is 0 Å². The van der Waals surface area contributed by atoms with Gasteiger partial charge in [0.2, 0.25) is 0 Å². The summed E-state index contributed by atoms with van der Waals surface area (Å²) in [7, 11) is 6.22. The average molecular weight is 234 g/mol. The molecule has 1 aliphatic heterocycles. The molecule has 0 aliphatic carbocycles. The van der Waals surface area contributed by atoms with Gasteiger partial charge in [0.25, 0.3) is 0 Å². The van der Waals surface area contributed by atoms with Crippen LogP contribution in [-0.2, 0) is 0 Å². The average Bonchev–Trinajstić information content (AvgIpc) is 2.39. The zero-order valence-corrected chi connectivity index (χ0v) is 11.0. The van der Waals surface area contributed by atoms with E-state index < -0.39 is 0 Å². The molecule has 1 aromatic rings. The highest BCUT2D eigenvalue weighted by atomic mass is 15.2. The van der Waals surface area contributed by atoms with Crippen LogP contribution in [0.15, 0.2) is 18.2 Å². The first kappa shape index (κ1) is 12.2. The molecule has 0 radical (unpaired) electrons. The van der Waals surface area contributed by atoms with Crippen LogP contribution in [0, 0.1) is 0 Å². The lowest BCUT2D eigenvalue weighted by Crippen LogP contribution is -2.45. The van der Waals surface area contributed by atoms with Gasteiger partial charge in [-0.3, -0.25) is 0 Å². The van der Waals surface area contributed by atoms with E-state index >= 15 is 0 Å². The van der Waals surface area contributed by atoms with E-state index in [4.69, 9.17) is 0 Å². The van der Waals surface area contributed by atoms with Crippen LogP contribution in [0.25, 0.3) is 0 Å². The quantitative estimate of drug-likeness (QED) is 0.862. The minimum absolute atomic E-state index is 0.642. The first-order valence-electron chi connectivity index (χ1n) is 6.27. The van der Waals surface area contributed by atoms with Gasteiger partial charge in [0.05, 0.1) is 0 Å². The number of piperidine rings is 1. The van der Waals surface area contributed by atoms with Gasteiger partial charge < -0.3 is 15.1 Å². The molecule has 2 rings (SSSR count). The van der Waals surface area contributed by atoms with Crippen molar-refractivity contribution in [2.75, 3.05) is 44.4 Å². The van der Waals surface area contributed by atoms with Crippen molar-refractivity contribution in [2.24, 2.45) is 0 Å². The Morgan fingerprint density at radius 1 is 1.41 bits per heavy atom. The Bertz CT molecular complexity index is 364. The van der Waals surface area contributed by atoms with Crippen molar-refractivity contribution >= 4 is 11.6 Å². The first-order valence-corrected chi connectivity index (χ1v) is 6.27. The summed E-state index contributed by atoms with van der Waals surface area (Å²) in [4.78, 5) is 9.30. The van der Waals surface area contributed by atoms with E-state index in [1.807, 2.05) is 13.1 Å². The van der Waals surface area contributed by atoms with Crippen molar-refractivity contribution in [1.82, 2.24) is 9.88 Å². The van der Waals surface area contributed by atoms with Gasteiger partial charge in [0, 0.05) is 26.2 Å². The summed E-state index contributed by atoms with van der Waals surface area (Å²) >= 11 is 0. The number of aromatic nitrogens is 1. The molecule has 1 aliphatic rings. The van der Waals surface area contributed by atoms with E-state index in [0.29, 0.717) is 6.04 Å². The fourth-order valence-electron chi connectivity index (χ4n) is 2.32. The Morgan fingerprint density at radius 2 is 2.24 bits per heavy atom. The highest BCUT2D eigenvalue weighted by molar-refractivity contribution is 5.47. The van der Waals surface area contributed by atoms with Crippen molar-refractivity contribution in [2.45, 2.75) is 18.9 Å². The molecule has 1 atom stereocenters. The zero-order valence-electron chi connectivity index (χ0n) is 11.0. The maximum Gasteiger partial charge on any atom is 0.131 e. The maximum absolute atomic E-state index is 4.60. The maximum atomic E-state index is 4.60. The van der Waals surface area contributed by atoms with Crippen LogP contribution in [0.1, 0.15) is 12.8 Å². The number of hydrogen-bond acceptors (Lipinski definition) is 4. The molecule has 0 spiro atoms. The van der Waals surface area contributed by atoms with Crippen molar-refractivity contribution in [3.05, 3.63) is 18.2 Å². The van der Waals surface area contributed by atoms with E-state index in [9.17, 15) is 0 Å². The van der Waals surface area contributed by atoms with E-state index in [0.717, 1.165) is 24.7 Å². The molecule has 1 fully saturated rings. The highest BCUT2D eigenvalue weighted by Gasteiger charge is 2.22. The second kappa shape index (κ2) is 5.36.